The molecule has 2 aliphatic heterocycles. The van der Waals surface area contributed by atoms with E-state index in [-0.39, 0.29) is 11.1 Å². The van der Waals surface area contributed by atoms with Crippen molar-refractivity contribution in [1.82, 2.24) is 10.3 Å². The van der Waals surface area contributed by atoms with Crippen molar-refractivity contribution in [2.45, 2.75) is 19.3 Å². The Labute approximate surface area is 121 Å². The lowest BCUT2D eigenvalue weighted by atomic mass is 10.1. The average molecular weight is 289 g/mol. The molecule has 0 aromatic carbocycles. The standard InChI is InChI=1S/C14H15N3O2S/c18-13-11(20-14(19)16-13)9-10-5-4-6-12(15-10)17-7-2-1-3-8-17/h4-6,9H,1-3,7-8H2,(H,16,18,19). The SMILES string of the molecule is O=C1NC(=O)C(=Cc2cccc(N3CCCCC3)n2)S1. The summed E-state index contributed by atoms with van der Waals surface area (Å²) in [6.07, 6.45) is 5.33. The highest BCUT2D eigenvalue weighted by Gasteiger charge is 2.25. The van der Waals surface area contributed by atoms with E-state index < -0.39 is 0 Å². The summed E-state index contributed by atoms with van der Waals surface area (Å²) in [5, 5.41) is 1.92. The van der Waals surface area contributed by atoms with Crippen LogP contribution in [0.2, 0.25) is 0 Å². The second-order valence-electron chi connectivity index (χ2n) is 4.82. The van der Waals surface area contributed by atoms with Gasteiger partial charge in [-0.25, -0.2) is 4.98 Å². The molecule has 2 aliphatic rings. The van der Waals surface area contributed by atoms with E-state index in [4.69, 9.17) is 0 Å². The largest absolute Gasteiger partial charge is 0.357 e. The van der Waals surface area contributed by atoms with Crippen molar-refractivity contribution in [2.24, 2.45) is 0 Å². The average Bonchev–Trinajstić information content (AvgIpc) is 2.78. The van der Waals surface area contributed by atoms with Crippen LogP contribution in [0.4, 0.5) is 10.6 Å². The van der Waals surface area contributed by atoms with Gasteiger partial charge in [0.2, 0.25) is 0 Å². The van der Waals surface area contributed by atoms with E-state index >= 15 is 0 Å². The van der Waals surface area contributed by atoms with Crippen molar-refractivity contribution in [3.05, 3.63) is 28.8 Å². The molecule has 6 heteroatoms. The molecule has 0 spiro atoms. The number of nitrogens with zero attached hydrogens (tertiary/aromatic N) is 2. The number of piperidine rings is 1. The number of carbonyl (C=O) groups is 2. The van der Waals surface area contributed by atoms with Gasteiger partial charge in [-0.1, -0.05) is 6.07 Å². The van der Waals surface area contributed by atoms with Crippen LogP contribution >= 0.6 is 11.8 Å². The molecule has 1 N–H and O–H groups in total. The Hall–Kier alpha value is -1.82. The first-order chi connectivity index (χ1) is 9.72. The van der Waals surface area contributed by atoms with Crippen LogP contribution in [-0.2, 0) is 4.79 Å². The zero-order valence-electron chi connectivity index (χ0n) is 11.0. The maximum absolute atomic E-state index is 11.5. The Morgan fingerprint density at radius 3 is 2.70 bits per heavy atom. The summed E-state index contributed by atoms with van der Waals surface area (Å²) in [5.41, 5.74) is 0.709. The van der Waals surface area contributed by atoms with E-state index in [1.807, 2.05) is 18.2 Å². The van der Waals surface area contributed by atoms with Gasteiger partial charge < -0.3 is 4.90 Å². The highest BCUT2D eigenvalue weighted by Crippen LogP contribution is 2.26. The summed E-state index contributed by atoms with van der Waals surface area (Å²) < 4.78 is 0. The molecule has 104 valence electrons. The lowest BCUT2D eigenvalue weighted by Crippen LogP contribution is -2.30. The van der Waals surface area contributed by atoms with Crippen LogP contribution in [0.25, 0.3) is 6.08 Å². The molecule has 2 amide bonds. The first-order valence-electron chi connectivity index (χ1n) is 6.69. The molecule has 2 saturated heterocycles. The normalized spacial score (nSPS) is 21.4. The number of anilines is 1. The Balaban J connectivity index is 1.82. The summed E-state index contributed by atoms with van der Waals surface area (Å²) in [4.78, 5) is 29.9. The highest BCUT2D eigenvalue weighted by atomic mass is 32.2. The molecule has 2 fully saturated rings. The minimum absolute atomic E-state index is 0.326. The van der Waals surface area contributed by atoms with Crippen LogP contribution in [0.1, 0.15) is 25.0 Å². The number of carbonyl (C=O) groups excluding carboxylic acids is 2. The Morgan fingerprint density at radius 2 is 2.00 bits per heavy atom. The zero-order valence-corrected chi connectivity index (χ0v) is 11.8. The molecule has 20 heavy (non-hydrogen) atoms. The monoisotopic (exact) mass is 289 g/mol. The lowest BCUT2D eigenvalue weighted by Gasteiger charge is -2.27. The highest BCUT2D eigenvalue weighted by molar-refractivity contribution is 8.18. The second kappa shape index (κ2) is 5.66. The third-order valence-corrected chi connectivity index (χ3v) is 4.17. The number of aromatic nitrogens is 1. The van der Waals surface area contributed by atoms with E-state index in [1.54, 1.807) is 6.08 Å². The van der Waals surface area contributed by atoms with E-state index in [0.29, 0.717) is 10.6 Å². The van der Waals surface area contributed by atoms with Crippen LogP contribution in [0.3, 0.4) is 0 Å². The first-order valence-corrected chi connectivity index (χ1v) is 7.51. The van der Waals surface area contributed by atoms with Crippen molar-refractivity contribution < 1.29 is 9.59 Å². The Kier molecular flexibility index (Phi) is 3.73. The fourth-order valence-electron chi connectivity index (χ4n) is 2.37. The molecule has 0 bridgehead atoms. The summed E-state index contributed by atoms with van der Waals surface area (Å²) >= 11 is 0.918. The number of pyridine rings is 1. The van der Waals surface area contributed by atoms with E-state index in [9.17, 15) is 9.59 Å². The smallest absolute Gasteiger partial charge is 0.290 e. The predicted molar refractivity (Wildman–Crippen MR) is 79.4 cm³/mol. The Morgan fingerprint density at radius 1 is 1.20 bits per heavy atom. The number of hydrogen-bond donors (Lipinski definition) is 1. The van der Waals surface area contributed by atoms with Gasteiger partial charge in [0.05, 0.1) is 10.6 Å². The van der Waals surface area contributed by atoms with Gasteiger partial charge in [-0.05, 0) is 49.2 Å². The van der Waals surface area contributed by atoms with Crippen molar-refractivity contribution in [1.29, 1.82) is 0 Å². The van der Waals surface area contributed by atoms with Gasteiger partial charge in [0.25, 0.3) is 11.1 Å². The van der Waals surface area contributed by atoms with Gasteiger partial charge in [0, 0.05) is 13.1 Å². The van der Waals surface area contributed by atoms with Gasteiger partial charge in [-0.3, -0.25) is 14.9 Å². The molecule has 3 rings (SSSR count). The molecular weight excluding hydrogens is 274 g/mol. The molecule has 1 aromatic rings. The quantitative estimate of drug-likeness (QED) is 0.847. The molecule has 0 aliphatic carbocycles. The third-order valence-electron chi connectivity index (χ3n) is 3.36. The number of thioether (sulfide) groups is 1. The Bertz CT molecular complexity index is 580. The summed E-state index contributed by atoms with van der Waals surface area (Å²) in [7, 11) is 0. The van der Waals surface area contributed by atoms with E-state index in [2.05, 4.69) is 15.2 Å². The number of hydrogen-bond acceptors (Lipinski definition) is 5. The minimum Gasteiger partial charge on any atom is -0.357 e. The van der Waals surface area contributed by atoms with Crippen molar-refractivity contribution in [3.8, 4) is 0 Å². The van der Waals surface area contributed by atoms with Crippen LogP contribution < -0.4 is 10.2 Å². The fourth-order valence-corrected chi connectivity index (χ4v) is 3.04. The van der Waals surface area contributed by atoms with Crippen molar-refractivity contribution >= 4 is 34.8 Å². The van der Waals surface area contributed by atoms with Gasteiger partial charge in [-0.2, -0.15) is 0 Å². The predicted octanol–water partition coefficient (Wildman–Crippen LogP) is 2.40. The third kappa shape index (κ3) is 2.85. The second-order valence-corrected chi connectivity index (χ2v) is 5.84. The maximum Gasteiger partial charge on any atom is 0.290 e. The van der Waals surface area contributed by atoms with Crippen LogP contribution in [0.5, 0.6) is 0 Å². The summed E-state index contributed by atoms with van der Waals surface area (Å²) in [6, 6.07) is 5.76. The topological polar surface area (TPSA) is 62.3 Å². The summed E-state index contributed by atoms with van der Waals surface area (Å²) in [5.74, 6) is 0.596. The molecule has 0 radical (unpaired) electrons. The molecular formula is C14H15N3O2S. The lowest BCUT2D eigenvalue weighted by molar-refractivity contribution is -0.115. The first kappa shape index (κ1) is 13.2. The molecule has 1 aromatic heterocycles. The van der Waals surface area contributed by atoms with Gasteiger partial charge in [-0.15, -0.1) is 0 Å². The molecule has 0 saturated carbocycles. The van der Waals surface area contributed by atoms with Gasteiger partial charge in [0.1, 0.15) is 5.82 Å². The van der Waals surface area contributed by atoms with Crippen LogP contribution in [-0.4, -0.2) is 29.2 Å². The van der Waals surface area contributed by atoms with Crippen LogP contribution in [0, 0.1) is 0 Å². The number of rotatable bonds is 2. The number of imide groups is 1. The van der Waals surface area contributed by atoms with Gasteiger partial charge in [0.15, 0.2) is 0 Å². The molecule has 3 heterocycles. The zero-order chi connectivity index (χ0) is 13.9. The molecule has 5 nitrogen and oxygen atoms in total. The summed E-state index contributed by atoms with van der Waals surface area (Å²) in [6.45, 7) is 2.06. The number of nitrogens with one attached hydrogen (secondary N) is 1. The minimum atomic E-state index is -0.342. The number of amides is 2. The van der Waals surface area contributed by atoms with Crippen molar-refractivity contribution in [3.63, 3.8) is 0 Å². The molecule has 0 unspecified atom stereocenters. The maximum atomic E-state index is 11.5. The molecule has 0 atom stereocenters. The van der Waals surface area contributed by atoms with E-state index in [1.165, 1.54) is 19.3 Å². The fraction of sp³-hybridized carbons (Fsp3) is 0.357. The van der Waals surface area contributed by atoms with E-state index in [0.717, 1.165) is 30.7 Å². The van der Waals surface area contributed by atoms with Crippen molar-refractivity contribution in [2.75, 3.05) is 18.0 Å². The van der Waals surface area contributed by atoms with Gasteiger partial charge >= 0.3 is 0 Å². The van der Waals surface area contributed by atoms with Crippen LogP contribution in [0.15, 0.2) is 23.1 Å².